The number of hydrogen-bond acceptors (Lipinski definition) is 5. The summed E-state index contributed by atoms with van der Waals surface area (Å²) in [6.45, 7) is 1.90. The van der Waals surface area contributed by atoms with Crippen LogP contribution in [-0.4, -0.2) is 30.0 Å². The van der Waals surface area contributed by atoms with E-state index in [-0.39, 0.29) is 62.8 Å². The molecule has 0 amide bonds. The van der Waals surface area contributed by atoms with Crippen LogP contribution in [0.3, 0.4) is 0 Å². The third-order valence-electron chi connectivity index (χ3n) is 2.51. The monoisotopic (exact) mass is 267 g/mol. The molecule has 3 aromatic rings. The Morgan fingerprint density at radius 1 is 1.39 bits per heavy atom. The Morgan fingerprint density at radius 2 is 2.22 bits per heavy atom. The van der Waals surface area contributed by atoms with Gasteiger partial charge in [-0.2, -0.15) is 5.21 Å². The molecule has 0 bridgehead atoms. The largest absolute Gasteiger partial charge is 1.00 e. The molecule has 0 saturated heterocycles. The second-order valence-electron chi connectivity index (χ2n) is 3.60. The number of aryl methyl sites for hydroxylation is 1. The van der Waals surface area contributed by atoms with Gasteiger partial charge in [0.25, 0.3) is 5.56 Å². The molecule has 0 saturated carbocycles. The van der Waals surface area contributed by atoms with Crippen molar-refractivity contribution in [2.45, 2.75) is 6.92 Å². The van der Waals surface area contributed by atoms with Gasteiger partial charge in [-0.1, -0.05) is 6.07 Å². The van der Waals surface area contributed by atoms with Crippen LogP contribution < -0.4 is 56.9 Å². The molecule has 8 heteroatoms. The summed E-state index contributed by atoms with van der Waals surface area (Å²) in [6, 6.07) is 3.70. The summed E-state index contributed by atoms with van der Waals surface area (Å²) in [7, 11) is 0. The van der Waals surface area contributed by atoms with Crippen LogP contribution >= 0.6 is 0 Å². The zero-order valence-electron chi connectivity index (χ0n) is 9.95. The van der Waals surface area contributed by atoms with E-state index in [9.17, 15) is 4.79 Å². The van der Waals surface area contributed by atoms with E-state index >= 15 is 0 Å². The van der Waals surface area contributed by atoms with E-state index in [0.29, 0.717) is 11.2 Å². The average molecular weight is 267 g/mol. The predicted molar refractivity (Wildman–Crippen MR) is 59.4 cm³/mol. The number of hydrogen-bond donors (Lipinski definition) is 1. The quantitative estimate of drug-likeness (QED) is 0.481. The molecule has 0 atom stereocenters. The standard InChI is InChI=1S/C10H8N6O.K/c1-6-3-2-4-16-9(6)11-5-7(10(16)17)8-12-14-15-13-8;/h2-5H,1H3,(H,12,13,14,15);/q;+1. The van der Waals surface area contributed by atoms with E-state index in [1.54, 1.807) is 12.3 Å². The van der Waals surface area contributed by atoms with Gasteiger partial charge in [0.05, 0.1) is 0 Å². The first-order valence-corrected chi connectivity index (χ1v) is 4.98. The minimum atomic E-state index is -0.208. The Hall–Kier alpha value is -0.934. The number of aromatic nitrogens is 6. The van der Waals surface area contributed by atoms with Crippen molar-refractivity contribution in [3.05, 3.63) is 40.4 Å². The fourth-order valence-corrected chi connectivity index (χ4v) is 1.68. The second-order valence-corrected chi connectivity index (χ2v) is 3.60. The molecule has 0 radical (unpaired) electrons. The molecule has 0 aliphatic rings. The van der Waals surface area contributed by atoms with Crippen LogP contribution in [-0.2, 0) is 0 Å². The van der Waals surface area contributed by atoms with Crippen molar-refractivity contribution in [3.63, 3.8) is 0 Å². The maximum absolute atomic E-state index is 12.2. The van der Waals surface area contributed by atoms with E-state index in [1.165, 1.54) is 10.6 Å². The van der Waals surface area contributed by atoms with Crippen LogP contribution in [0, 0.1) is 6.92 Å². The number of H-pyrrole nitrogens is 1. The molecular formula is C10H8KN6O+. The van der Waals surface area contributed by atoms with Gasteiger partial charge in [-0.05, 0) is 23.8 Å². The van der Waals surface area contributed by atoms with Crippen molar-refractivity contribution in [1.29, 1.82) is 0 Å². The molecule has 7 nitrogen and oxygen atoms in total. The molecule has 3 heterocycles. The molecule has 0 unspecified atom stereocenters. The van der Waals surface area contributed by atoms with Gasteiger partial charge in [0.15, 0.2) is 0 Å². The maximum Gasteiger partial charge on any atom is 1.00 e. The maximum atomic E-state index is 12.2. The van der Waals surface area contributed by atoms with Crippen molar-refractivity contribution in [2.75, 3.05) is 0 Å². The minimum absolute atomic E-state index is 0. The average Bonchev–Trinajstić information content (AvgIpc) is 2.84. The Morgan fingerprint density at radius 3 is 2.94 bits per heavy atom. The van der Waals surface area contributed by atoms with Crippen LogP contribution in [0.4, 0.5) is 0 Å². The molecule has 3 rings (SSSR count). The van der Waals surface area contributed by atoms with Gasteiger partial charge >= 0.3 is 51.4 Å². The molecule has 1 N–H and O–H groups in total. The first-order valence-electron chi connectivity index (χ1n) is 4.98. The smallest absolute Gasteiger partial charge is 0.268 e. The summed E-state index contributed by atoms with van der Waals surface area (Å²) in [5, 5.41) is 13.3. The molecular weight excluding hydrogens is 259 g/mol. The van der Waals surface area contributed by atoms with Crippen molar-refractivity contribution < 1.29 is 51.4 Å². The summed E-state index contributed by atoms with van der Waals surface area (Å²) < 4.78 is 1.47. The van der Waals surface area contributed by atoms with Gasteiger partial charge in [0.1, 0.15) is 11.2 Å². The number of tetrazole rings is 1. The number of nitrogens with one attached hydrogen (secondary N) is 1. The van der Waals surface area contributed by atoms with Crippen molar-refractivity contribution in [3.8, 4) is 11.4 Å². The van der Waals surface area contributed by atoms with E-state index in [4.69, 9.17) is 0 Å². The fourth-order valence-electron chi connectivity index (χ4n) is 1.68. The summed E-state index contributed by atoms with van der Waals surface area (Å²) in [5.41, 5.74) is 1.68. The molecule has 18 heavy (non-hydrogen) atoms. The number of nitrogens with zero attached hydrogens (tertiary/aromatic N) is 5. The summed E-state index contributed by atoms with van der Waals surface area (Å²) >= 11 is 0. The van der Waals surface area contributed by atoms with Crippen LogP contribution in [0.1, 0.15) is 5.56 Å². The Bertz CT molecular complexity index is 736. The number of rotatable bonds is 1. The van der Waals surface area contributed by atoms with E-state index < -0.39 is 0 Å². The van der Waals surface area contributed by atoms with Crippen molar-refractivity contribution in [2.24, 2.45) is 0 Å². The summed E-state index contributed by atoms with van der Waals surface area (Å²) in [4.78, 5) is 16.4. The van der Waals surface area contributed by atoms with Crippen molar-refractivity contribution in [1.82, 2.24) is 30.0 Å². The van der Waals surface area contributed by atoms with E-state index in [1.807, 2.05) is 13.0 Å². The number of aromatic amines is 1. The number of pyridine rings is 1. The van der Waals surface area contributed by atoms with Crippen LogP contribution in [0.25, 0.3) is 17.0 Å². The van der Waals surface area contributed by atoms with Gasteiger partial charge in [-0.3, -0.25) is 9.20 Å². The summed E-state index contributed by atoms with van der Waals surface area (Å²) in [5.74, 6) is 0.249. The van der Waals surface area contributed by atoms with Crippen LogP contribution in [0.15, 0.2) is 29.3 Å². The fraction of sp³-hybridized carbons (Fsp3) is 0.100. The number of fused-ring (bicyclic) bond motifs is 1. The molecule has 0 fully saturated rings. The summed E-state index contributed by atoms with van der Waals surface area (Å²) in [6.07, 6.45) is 3.14. The predicted octanol–water partition coefficient (Wildman–Crippen LogP) is -2.81. The van der Waals surface area contributed by atoms with Crippen LogP contribution in [0.2, 0.25) is 0 Å². The zero-order valence-corrected chi connectivity index (χ0v) is 13.1. The zero-order chi connectivity index (χ0) is 11.8. The van der Waals surface area contributed by atoms with Crippen molar-refractivity contribution >= 4 is 5.65 Å². The van der Waals surface area contributed by atoms with E-state index in [2.05, 4.69) is 25.6 Å². The van der Waals surface area contributed by atoms with Gasteiger partial charge < -0.3 is 0 Å². The van der Waals surface area contributed by atoms with Crippen LogP contribution in [0.5, 0.6) is 0 Å². The molecule has 0 spiro atoms. The Balaban J connectivity index is 0.00000120. The van der Waals surface area contributed by atoms with E-state index in [0.717, 1.165) is 5.56 Å². The third kappa shape index (κ3) is 2.17. The normalized spacial score (nSPS) is 10.3. The first kappa shape index (κ1) is 13.5. The van der Waals surface area contributed by atoms with Gasteiger partial charge in [-0.25, -0.2) is 4.98 Å². The van der Waals surface area contributed by atoms with Gasteiger partial charge in [-0.15, -0.1) is 10.2 Å². The molecule has 3 aromatic heterocycles. The van der Waals surface area contributed by atoms with Gasteiger partial charge in [0.2, 0.25) is 5.82 Å². The third-order valence-corrected chi connectivity index (χ3v) is 2.51. The molecule has 0 aliphatic carbocycles. The molecule has 84 valence electrons. The Labute approximate surface area is 144 Å². The minimum Gasteiger partial charge on any atom is -0.268 e. The molecule has 0 aromatic carbocycles. The topological polar surface area (TPSA) is 88.8 Å². The SMILES string of the molecule is Cc1cccn2c(=O)c(-c3nn[nH]n3)cnc12.[K+]. The van der Waals surface area contributed by atoms with Gasteiger partial charge in [0, 0.05) is 12.4 Å². The second kappa shape index (κ2) is 5.37. The Kier molecular flexibility index (Phi) is 4.02. The first-order chi connectivity index (χ1) is 8.27. The molecule has 0 aliphatic heterocycles.